The number of fused-ring (bicyclic) bond motifs is 1. The van der Waals surface area contributed by atoms with Crippen molar-refractivity contribution >= 4 is 5.97 Å². The molecule has 2 rings (SSSR count). The Kier molecular flexibility index (Phi) is 5.82. The van der Waals surface area contributed by atoms with Crippen molar-refractivity contribution in [2.75, 3.05) is 0 Å². The van der Waals surface area contributed by atoms with E-state index in [1.165, 1.54) is 24.0 Å². The maximum atomic E-state index is 12.2. The fourth-order valence-corrected chi connectivity index (χ4v) is 3.39. The predicted molar refractivity (Wildman–Crippen MR) is 90.7 cm³/mol. The Hall–Kier alpha value is -1.57. The van der Waals surface area contributed by atoms with Crippen LogP contribution in [0.4, 0.5) is 0 Å². The van der Waals surface area contributed by atoms with E-state index in [2.05, 4.69) is 37.8 Å². The van der Waals surface area contributed by atoms with Crippen LogP contribution in [-0.4, -0.2) is 5.97 Å². The Morgan fingerprint density at radius 3 is 2.77 bits per heavy atom. The number of unbranched alkanes of at least 4 members (excludes halogenated alkanes) is 2. The topological polar surface area (TPSA) is 26.3 Å². The van der Waals surface area contributed by atoms with Gasteiger partial charge in [-0.2, -0.15) is 0 Å². The number of esters is 1. The van der Waals surface area contributed by atoms with Gasteiger partial charge in [0.05, 0.1) is 0 Å². The fourth-order valence-electron chi connectivity index (χ4n) is 3.39. The fraction of sp³-hybridized carbons (Fsp3) is 0.550. The lowest BCUT2D eigenvalue weighted by Crippen LogP contribution is -2.33. The third-order valence-electron chi connectivity index (χ3n) is 4.61. The number of aryl methyl sites for hydroxylation is 1. The maximum absolute atomic E-state index is 12.2. The summed E-state index contributed by atoms with van der Waals surface area (Å²) in [5.74, 6) is -0.256. The maximum Gasteiger partial charge on any atom is 0.333 e. The van der Waals surface area contributed by atoms with Crippen molar-refractivity contribution in [3.8, 4) is 0 Å². The highest BCUT2D eigenvalue weighted by Crippen LogP contribution is 2.41. The molecule has 1 aliphatic carbocycles. The van der Waals surface area contributed by atoms with E-state index < -0.39 is 5.60 Å². The Morgan fingerprint density at radius 1 is 1.27 bits per heavy atom. The van der Waals surface area contributed by atoms with Crippen molar-refractivity contribution in [1.82, 2.24) is 0 Å². The standard InChI is InChI=1S/C20H28O2/c1-4-5-9-14-20(22-19(21)16(2)3)15-10-8-12-17-11-6-7-13-18(17)20/h6-7,11,13H,2,4-5,8-10,12,14-15H2,1,3H3. The average molecular weight is 300 g/mol. The lowest BCUT2D eigenvalue weighted by molar-refractivity contribution is -0.158. The molecule has 1 aliphatic rings. The first kappa shape index (κ1) is 16.8. The highest BCUT2D eigenvalue weighted by atomic mass is 16.6. The highest BCUT2D eigenvalue weighted by Gasteiger charge is 2.38. The molecule has 0 bridgehead atoms. The van der Waals surface area contributed by atoms with E-state index >= 15 is 0 Å². The van der Waals surface area contributed by atoms with Crippen LogP contribution < -0.4 is 0 Å². The van der Waals surface area contributed by atoms with Gasteiger partial charge >= 0.3 is 5.97 Å². The summed E-state index contributed by atoms with van der Waals surface area (Å²) < 4.78 is 6.05. The van der Waals surface area contributed by atoms with E-state index in [1.807, 2.05) is 0 Å². The van der Waals surface area contributed by atoms with Gasteiger partial charge in [0.25, 0.3) is 0 Å². The third-order valence-corrected chi connectivity index (χ3v) is 4.61. The van der Waals surface area contributed by atoms with E-state index in [0.29, 0.717) is 5.57 Å². The number of rotatable bonds is 6. The van der Waals surface area contributed by atoms with Gasteiger partial charge in [-0.15, -0.1) is 0 Å². The van der Waals surface area contributed by atoms with Crippen molar-refractivity contribution in [2.24, 2.45) is 0 Å². The average Bonchev–Trinajstić information content (AvgIpc) is 2.68. The molecule has 120 valence electrons. The summed E-state index contributed by atoms with van der Waals surface area (Å²) in [5, 5.41) is 0. The number of hydrogen-bond acceptors (Lipinski definition) is 2. The Morgan fingerprint density at radius 2 is 2.05 bits per heavy atom. The van der Waals surface area contributed by atoms with Crippen LogP contribution in [0.25, 0.3) is 0 Å². The summed E-state index contributed by atoms with van der Waals surface area (Å²) in [7, 11) is 0. The van der Waals surface area contributed by atoms with Crippen LogP contribution in [-0.2, 0) is 21.6 Å². The van der Waals surface area contributed by atoms with Gasteiger partial charge in [-0.3, -0.25) is 0 Å². The minimum Gasteiger partial charge on any atom is -0.451 e. The molecule has 0 aromatic heterocycles. The molecule has 1 aromatic rings. The highest BCUT2D eigenvalue weighted by molar-refractivity contribution is 5.87. The molecule has 1 unspecified atom stereocenters. The number of carbonyl (C=O) groups excluding carboxylic acids is 1. The largest absolute Gasteiger partial charge is 0.451 e. The van der Waals surface area contributed by atoms with Crippen molar-refractivity contribution < 1.29 is 9.53 Å². The van der Waals surface area contributed by atoms with Gasteiger partial charge in [-0.25, -0.2) is 4.79 Å². The van der Waals surface area contributed by atoms with Crippen LogP contribution in [0.15, 0.2) is 36.4 Å². The van der Waals surface area contributed by atoms with Crippen molar-refractivity contribution in [3.63, 3.8) is 0 Å². The molecule has 0 saturated heterocycles. The Balaban J connectivity index is 2.37. The van der Waals surface area contributed by atoms with Crippen LogP contribution in [0, 0.1) is 0 Å². The molecule has 1 aromatic carbocycles. The zero-order chi connectivity index (χ0) is 16.0. The first-order chi connectivity index (χ1) is 10.6. The molecule has 0 aliphatic heterocycles. The summed E-state index contributed by atoms with van der Waals surface area (Å²) in [6, 6.07) is 8.48. The molecule has 22 heavy (non-hydrogen) atoms. The zero-order valence-corrected chi connectivity index (χ0v) is 14.0. The van der Waals surface area contributed by atoms with Gasteiger partial charge < -0.3 is 4.74 Å². The molecule has 1 atom stereocenters. The first-order valence-electron chi connectivity index (χ1n) is 8.56. The van der Waals surface area contributed by atoms with Crippen molar-refractivity contribution in [1.29, 1.82) is 0 Å². The van der Waals surface area contributed by atoms with Crippen LogP contribution >= 0.6 is 0 Å². The smallest absolute Gasteiger partial charge is 0.333 e. The lowest BCUT2D eigenvalue weighted by Gasteiger charge is -2.34. The van der Waals surface area contributed by atoms with E-state index in [4.69, 9.17) is 4.74 Å². The van der Waals surface area contributed by atoms with Crippen LogP contribution in [0.5, 0.6) is 0 Å². The molecule has 0 N–H and O–H groups in total. The monoisotopic (exact) mass is 300 g/mol. The molecule has 0 spiro atoms. The van der Waals surface area contributed by atoms with Crippen LogP contribution in [0.2, 0.25) is 0 Å². The number of hydrogen-bond donors (Lipinski definition) is 0. The summed E-state index contributed by atoms with van der Waals surface area (Å²) >= 11 is 0. The minimum atomic E-state index is -0.460. The van der Waals surface area contributed by atoms with Gasteiger partial charge in [-0.05, 0) is 56.6 Å². The first-order valence-corrected chi connectivity index (χ1v) is 8.56. The number of benzene rings is 1. The van der Waals surface area contributed by atoms with Crippen LogP contribution in [0.3, 0.4) is 0 Å². The minimum absolute atomic E-state index is 0.256. The molecule has 0 heterocycles. The van der Waals surface area contributed by atoms with Gasteiger partial charge in [-0.1, -0.05) is 50.6 Å². The Bertz CT molecular complexity index is 532. The predicted octanol–water partition coefficient (Wildman–Crippen LogP) is 5.31. The summed E-state index contributed by atoms with van der Waals surface area (Å²) in [5.41, 5.74) is 2.58. The second kappa shape index (κ2) is 7.62. The molecule has 0 radical (unpaired) electrons. The summed E-state index contributed by atoms with van der Waals surface area (Å²) in [6.45, 7) is 7.68. The van der Waals surface area contributed by atoms with Crippen molar-refractivity contribution in [3.05, 3.63) is 47.5 Å². The molecular formula is C20H28O2. The number of ether oxygens (including phenoxy) is 1. The molecular weight excluding hydrogens is 272 g/mol. The number of carbonyl (C=O) groups is 1. The molecule has 0 amide bonds. The Labute approximate surface area is 134 Å². The molecule has 2 heteroatoms. The van der Waals surface area contributed by atoms with Gasteiger partial charge in [0.2, 0.25) is 0 Å². The lowest BCUT2D eigenvalue weighted by atomic mass is 9.83. The SMILES string of the molecule is C=C(C)C(=O)OC1(CCCCC)CCCCc2ccccc21. The second-order valence-electron chi connectivity index (χ2n) is 6.49. The molecule has 2 nitrogen and oxygen atoms in total. The van der Waals surface area contributed by atoms with Gasteiger partial charge in [0, 0.05) is 5.57 Å². The quantitative estimate of drug-likeness (QED) is 0.308. The summed E-state index contributed by atoms with van der Waals surface area (Å²) in [4.78, 5) is 12.2. The van der Waals surface area contributed by atoms with Gasteiger partial charge in [0.1, 0.15) is 5.60 Å². The van der Waals surface area contributed by atoms with Gasteiger partial charge in [0.15, 0.2) is 0 Å². The third kappa shape index (κ3) is 3.79. The van der Waals surface area contributed by atoms with Crippen LogP contribution in [0.1, 0.15) is 69.9 Å². The summed E-state index contributed by atoms with van der Waals surface area (Å²) in [6.07, 6.45) is 8.62. The molecule has 0 fully saturated rings. The van der Waals surface area contributed by atoms with E-state index in [0.717, 1.165) is 38.5 Å². The zero-order valence-electron chi connectivity index (χ0n) is 14.0. The van der Waals surface area contributed by atoms with E-state index in [-0.39, 0.29) is 5.97 Å². The molecule has 0 saturated carbocycles. The second-order valence-corrected chi connectivity index (χ2v) is 6.49. The normalized spacial score (nSPS) is 20.8. The van der Waals surface area contributed by atoms with E-state index in [1.54, 1.807) is 6.92 Å². The van der Waals surface area contributed by atoms with Crippen molar-refractivity contribution in [2.45, 2.75) is 70.8 Å². The van der Waals surface area contributed by atoms with E-state index in [9.17, 15) is 4.79 Å².